The maximum atomic E-state index is 2.45. The van der Waals surface area contributed by atoms with Gasteiger partial charge in [-0.2, -0.15) is 0 Å². The van der Waals surface area contributed by atoms with Gasteiger partial charge in [0.15, 0.2) is 0 Å². The van der Waals surface area contributed by atoms with Gasteiger partial charge < -0.3 is 0 Å². The fourth-order valence-electron chi connectivity index (χ4n) is 8.72. The zero-order valence-electron chi connectivity index (χ0n) is 29.2. The van der Waals surface area contributed by atoms with E-state index in [-0.39, 0.29) is 0 Å². The van der Waals surface area contributed by atoms with Crippen molar-refractivity contribution >= 4 is 97.3 Å². The Morgan fingerprint density at radius 2 is 0.774 bits per heavy atom. The number of fused-ring (bicyclic) bond motifs is 7. The summed E-state index contributed by atoms with van der Waals surface area (Å²) in [6, 6.07) is 59.2. The second-order valence-corrected chi connectivity index (χ2v) is 17.7. The minimum absolute atomic E-state index is 1.26. The summed E-state index contributed by atoms with van der Waals surface area (Å²) in [5, 5.41) is 13.1. The minimum atomic E-state index is 1.26. The highest BCUT2D eigenvalue weighted by Crippen LogP contribution is 2.50. The lowest BCUT2D eigenvalue weighted by Gasteiger charge is -2.18. The van der Waals surface area contributed by atoms with Gasteiger partial charge in [0.05, 0.1) is 0 Å². The molecule has 0 saturated heterocycles. The molecule has 11 rings (SSSR count). The van der Waals surface area contributed by atoms with Crippen molar-refractivity contribution in [3.05, 3.63) is 167 Å². The Morgan fingerprint density at radius 3 is 1.23 bits per heavy atom. The van der Waals surface area contributed by atoms with Crippen molar-refractivity contribution in [2.75, 3.05) is 0 Å². The normalized spacial score (nSPS) is 12.0. The van der Waals surface area contributed by atoms with Gasteiger partial charge in [-0.3, -0.25) is 0 Å². The average Bonchev–Trinajstić information content (AvgIpc) is 3.93. The van der Waals surface area contributed by atoms with E-state index in [1.54, 1.807) is 0 Å². The summed E-state index contributed by atoms with van der Waals surface area (Å²) in [7, 11) is 0. The van der Waals surface area contributed by atoms with Crippen molar-refractivity contribution in [1.29, 1.82) is 0 Å². The van der Waals surface area contributed by atoms with E-state index >= 15 is 0 Å². The van der Waals surface area contributed by atoms with Gasteiger partial charge in [0, 0.05) is 50.8 Å². The highest BCUT2D eigenvalue weighted by atomic mass is 32.1. The monoisotopic (exact) mass is 728 g/mol. The molecule has 0 aliphatic carbocycles. The molecule has 0 amide bonds. The third-order valence-electron chi connectivity index (χ3n) is 10.9. The summed E-state index contributed by atoms with van der Waals surface area (Å²) in [5.74, 6) is 0. The second-order valence-electron chi connectivity index (χ2n) is 14.0. The van der Waals surface area contributed by atoms with Crippen molar-refractivity contribution in [3.63, 3.8) is 0 Å². The maximum absolute atomic E-state index is 2.45. The summed E-state index contributed by atoms with van der Waals surface area (Å²) < 4.78 is 2.63. The lowest BCUT2D eigenvalue weighted by molar-refractivity contribution is 1.64. The Morgan fingerprint density at radius 1 is 0.321 bits per heavy atom. The van der Waals surface area contributed by atoms with Gasteiger partial charge in [0.1, 0.15) is 0 Å². The van der Waals surface area contributed by atoms with E-state index in [0.717, 1.165) is 0 Å². The molecule has 0 nitrogen and oxygen atoms in total. The van der Waals surface area contributed by atoms with E-state index in [0.29, 0.717) is 0 Å². The zero-order valence-corrected chi connectivity index (χ0v) is 31.7. The molecule has 0 atom stereocenters. The average molecular weight is 729 g/mol. The lowest BCUT2D eigenvalue weighted by atomic mass is 9.86. The van der Waals surface area contributed by atoms with E-state index < -0.39 is 0 Å². The zero-order chi connectivity index (χ0) is 35.2. The highest BCUT2D eigenvalue weighted by molar-refractivity contribution is 7.26. The molecule has 0 aliphatic heterocycles. The quantitative estimate of drug-likeness (QED) is 0.158. The van der Waals surface area contributed by atoms with Gasteiger partial charge >= 0.3 is 0 Å². The standard InChI is InChI=1S/C50H32S3/c1-29-22-26-43(51-29)48-36-16-7-3-12-32(36)46(33-13-4-8-17-37(33)48)31-24-25-40-45(28-31)53-42-21-11-20-41(50(40)42)47-34-14-5-9-18-38(34)49(44-27-23-30(2)52-44)39-19-10-6-15-35(39)47/h3-28H,1-2H3. The molecule has 0 bridgehead atoms. The van der Waals surface area contributed by atoms with E-state index in [1.807, 2.05) is 34.0 Å². The summed E-state index contributed by atoms with van der Waals surface area (Å²) in [5.41, 5.74) is 7.87. The Hall–Kier alpha value is -5.58. The number of hydrogen-bond acceptors (Lipinski definition) is 3. The Bertz CT molecular complexity index is 3140. The first-order valence-corrected chi connectivity index (χ1v) is 20.5. The molecule has 0 N–H and O–H groups in total. The molecule has 0 unspecified atom stereocenters. The van der Waals surface area contributed by atoms with Crippen LogP contribution in [-0.4, -0.2) is 0 Å². The molecule has 3 heteroatoms. The van der Waals surface area contributed by atoms with Crippen molar-refractivity contribution in [3.8, 4) is 43.1 Å². The molecule has 0 aliphatic rings. The second kappa shape index (κ2) is 12.0. The van der Waals surface area contributed by atoms with Gasteiger partial charge in [-0.1, -0.05) is 121 Å². The smallest absolute Gasteiger partial charge is 0.0361 e. The van der Waals surface area contributed by atoms with Crippen LogP contribution in [0.15, 0.2) is 158 Å². The first-order chi connectivity index (χ1) is 26.1. The van der Waals surface area contributed by atoms with E-state index in [4.69, 9.17) is 0 Å². The fraction of sp³-hybridized carbons (Fsp3) is 0.0400. The van der Waals surface area contributed by atoms with Crippen molar-refractivity contribution in [1.82, 2.24) is 0 Å². The number of aryl methyl sites for hydroxylation is 2. The molecular weight excluding hydrogens is 697 g/mol. The van der Waals surface area contributed by atoms with Crippen molar-refractivity contribution < 1.29 is 0 Å². The molecule has 0 spiro atoms. The van der Waals surface area contributed by atoms with E-state index in [2.05, 4.69) is 172 Å². The van der Waals surface area contributed by atoms with Crippen LogP contribution in [0.2, 0.25) is 0 Å². The largest absolute Gasteiger partial charge is 0.141 e. The van der Waals surface area contributed by atoms with Crippen LogP contribution in [-0.2, 0) is 0 Å². The molecule has 3 heterocycles. The van der Waals surface area contributed by atoms with Crippen molar-refractivity contribution in [2.24, 2.45) is 0 Å². The fourth-order valence-corrected chi connectivity index (χ4v) is 11.8. The molecule has 8 aromatic carbocycles. The van der Waals surface area contributed by atoms with Gasteiger partial charge in [0.2, 0.25) is 0 Å². The van der Waals surface area contributed by atoms with Gasteiger partial charge in [0.25, 0.3) is 0 Å². The summed E-state index contributed by atoms with van der Waals surface area (Å²) in [6.45, 7) is 4.40. The molecule has 53 heavy (non-hydrogen) atoms. The van der Waals surface area contributed by atoms with Gasteiger partial charge in [-0.25, -0.2) is 0 Å². The molecule has 0 radical (unpaired) electrons. The van der Waals surface area contributed by atoms with Crippen LogP contribution in [0.3, 0.4) is 0 Å². The predicted octanol–water partition coefficient (Wildman–Crippen LogP) is 16.1. The molecular formula is C50H32S3. The molecule has 3 aromatic heterocycles. The van der Waals surface area contributed by atoms with Crippen LogP contribution in [0.25, 0.3) is 106 Å². The molecule has 250 valence electrons. The third kappa shape index (κ3) is 4.71. The van der Waals surface area contributed by atoms with Crippen LogP contribution in [0, 0.1) is 13.8 Å². The highest BCUT2D eigenvalue weighted by Gasteiger charge is 2.22. The number of benzene rings is 8. The SMILES string of the molecule is Cc1ccc(-c2c3ccccc3c(-c3ccc4c(c3)sc3cccc(-c5c6ccccc6c(-c6ccc(C)s6)c6ccccc56)c34)c3ccccc23)s1. The molecule has 11 aromatic rings. The van der Waals surface area contributed by atoms with Crippen LogP contribution in [0.5, 0.6) is 0 Å². The molecule has 0 fully saturated rings. The lowest BCUT2D eigenvalue weighted by Crippen LogP contribution is -1.90. The van der Waals surface area contributed by atoms with E-state index in [1.165, 1.54) is 116 Å². The Labute approximate surface area is 319 Å². The summed E-state index contributed by atoms with van der Waals surface area (Å²) >= 11 is 5.67. The van der Waals surface area contributed by atoms with Crippen LogP contribution < -0.4 is 0 Å². The number of thiophene rings is 3. The number of rotatable bonds is 4. The predicted molar refractivity (Wildman–Crippen MR) is 236 cm³/mol. The Kier molecular flexibility index (Phi) is 7.00. The van der Waals surface area contributed by atoms with Gasteiger partial charge in [-0.15, -0.1) is 34.0 Å². The Balaban J connectivity index is 1.18. The maximum Gasteiger partial charge on any atom is 0.0361 e. The topological polar surface area (TPSA) is 0 Å². The summed E-state index contributed by atoms with van der Waals surface area (Å²) in [6.07, 6.45) is 0. The molecule has 0 saturated carbocycles. The first-order valence-electron chi connectivity index (χ1n) is 18.1. The summed E-state index contributed by atoms with van der Waals surface area (Å²) in [4.78, 5) is 5.32. The minimum Gasteiger partial charge on any atom is -0.141 e. The van der Waals surface area contributed by atoms with Crippen LogP contribution in [0.1, 0.15) is 9.75 Å². The number of hydrogen-bond donors (Lipinski definition) is 0. The first kappa shape index (κ1) is 31.0. The van der Waals surface area contributed by atoms with Gasteiger partial charge in [-0.05, 0) is 116 Å². The van der Waals surface area contributed by atoms with Crippen LogP contribution in [0.4, 0.5) is 0 Å². The van der Waals surface area contributed by atoms with Crippen LogP contribution >= 0.6 is 34.0 Å². The van der Waals surface area contributed by atoms with E-state index in [9.17, 15) is 0 Å². The van der Waals surface area contributed by atoms with Crippen molar-refractivity contribution in [2.45, 2.75) is 13.8 Å². The third-order valence-corrected chi connectivity index (χ3v) is 14.0.